The van der Waals surface area contributed by atoms with Gasteiger partial charge in [0.15, 0.2) is 0 Å². The Morgan fingerprint density at radius 2 is 1.92 bits per heavy atom. The Labute approximate surface area is 153 Å². The minimum atomic E-state index is -1.14. The summed E-state index contributed by atoms with van der Waals surface area (Å²) in [4.78, 5) is 36.9. The van der Waals surface area contributed by atoms with E-state index in [1.54, 1.807) is 12.1 Å². The van der Waals surface area contributed by atoms with Gasteiger partial charge in [0, 0.05) is 5.02 Å². The van der Waals surface area contributed by atoms with Crippen molar-refractivity contribution in [3.63, 3.8) is 0 Å². The highest BCUT2D eigenvalue weighted by Gasteiger charge is 2.40. The van der Waals surface area contributed by atoms with Crippen LogP contribution in [0.5, 0.6) is 0 Å². The first-order valence-corrected chi connectivity index (χ1v) is 8.04. The number of anilines is 2. The quantitative estimate of drug-likeness (QED) is 0.795. The molecule has 1 heterocycles. The maximum atomic E-state index is 12.6. The van der Waals surface area contributed by atoms with Crippen LogP contribution in [0.1, 0.15) is 16.8 Å². The number of carboxylic acid groups (broad SMARTS) is 1. The lowest BCUT2D eigenvalue weighted by molar-refractivity contribution is -0.121. The van der Waals surface area contributed by atoms with E-state index < -0.39 is 23.8 Å². The zero-order chi connectivity index (χ0) is 18.1. The molecule has 2 aromatic rings. The molecule has 0 unspecified atom stereocenters. The van der Waals surface area contributed by atoms with Crippen molar-refractivity contribution in [3.05, 3.63) is 58.1 Å². The summed E-state index contributed by atoms with van der Waals surface area (Å²) in [6.45, 7) is 0. The molecule has 2 amide bonds. The second kappa shape index (κ2) is 6.74. The number of aromatic carboxylic acids is 1. The fourth-order valence-corrected chi connectivity index (χ4v) is 3.05. The Morgan fingerprint density at radius 1 is 1.16 bits per heavy atom. The molecule has 3 rings (SSSR count). The summed E-state index contributed by atoms with van der Waals surface area (Å²) in [5, 5.41) is 12.8. The summed E-state index contributed by atoms with van der Waals surface area (Å²) in [5.41, 5.74) is 0.704. The first kappa shape index (κ1) is 17.3. The first-order valence-electron chi connectivity index (χ1n) is 7.28. The molecule has 1 saturated heterocycles. The van der Waals surface area contributed by atoms with Crippen LogP contribution in [0.15, 0.2) is 42.5 Å². The molecule has 0 bridgehead atoms. The summed E-state index contributed by atoms with van der Waals surface area (Å²) < 4.78 is 0. The Balaban J connectivity index is 1.85. The van der Waals surface area contributed by atoms with Crippen LogP contribution in [0, 0.1) is 0 Å². The average Bonchev–Trinajstić information content (AvgIpc) is 2.84. The second-order valence-corrected chi connectivity index (χ2v) is 6.29. The fraction of sp³-hybridized carbons (Fsp3) is 0.118. The molecule has 0 saturated carbocycles. The van der Waals surface area contributed by atoms with Crippen LogP contribution in [0.25, 0.3) is 0 Å². The molecule has 0 spiro atoms. The standard InChI is InChI=1S/C17H12Cl2N2O4/c18-10-4-5-13(12(19)7-10)20-14-8-15(22)21(16(14)23)11-3-1-2-9(6-11)17(24)25/h1-7,14,20H,8H2,(H,24,25)/t14-/m1/s1. The van der Waals surface area contributed by atoms with Gasteiger partial charge in [-0.25, -0.2) is 9.69 Å². The Morgan fingerprint density at radius 3 is 2.60 bits per heavy atom. The Kier molecular flexibility index (Phi) is 4.65. The maximum absolute atomic E-state index is 12.6. The second-order valence-electron chi connectivity index (χ2n) is 5.45. The predicted octanol–water partition coefficient (Wildman–Crippen LogP) is 3.44. The van der Waals surface area contributed by atoms with Gasteiger partial charge in [-0.2, -0.15) is 0 Å². The van der Waals surface area contributed by atoms with Crippen LogP contribution < -0.4 is 10.2 Å². The first-order chi connectivity index (χ1) is 11.9. The minimum Gasteiger partial charge on any atom is -0.478 e. The average molecular weight is 379 g/mol. The van der Waals surface area contributed by atoms with Gasteiger partial charge < -0.3 is 10.4 Å². The van der Waals surface area contributed by atoms with Crippen LogP contribution in [-0.4, -0.2) is 28.9 Å². The molecule has 1 aliphatic rings. The Bertz CT molecular complexity index is 885. The summed E-state index contributed by atoms with van der Waals surface area (Å²) in [7, 11) is 0. The van der Waals surface area contributed by atoms with Crippen molar-refractivity contribution < 1.29 is 19.5 Å². The van der Waals surface area contributed by atoms with E-state index in [0.29, 0.717) is 15.7 Å². The van der Waals surface area contributed by atoms with Crippen molar-refractivity contribution in [2.24, 2.45) is 0 Å². The van der Waals surface area contributed by atoms with Crippen LogP contribution in [-0.2, 0) is 9.59 Å². The SMILES string of the molecule is O=C(O)c1cccc(N2C(=O)C[C@@H](Nc3ccc(Cl)cc3Cl)C2=O)c1. The summed E-state index contributed by atoms with van der Waals surface area (Å²) in [6, 6.07) is 9.65. The molecular weight excluding hydrogens is 367 g/mol. The van der Waals surface area contributed by atoms with Gasteiger partial charge in [-0.1, -0.05) is 29.3 Å². The molecule has 1 atom stereocenters. The van der Waals surface area contributed by atoms with Crippen molar-refractivity contribution in [2.75, 3.05) is 10.2 Å². The summed E-state index contributed by atoms with van der Waals surface area (Å²) in [5.74, 6) is -2.03. The number of nitrogens with one attached hydrogen (secondary N) is 1. The van der Waals surface area contributed by atoms with Gasteiger partial charge >= 0.3 is 5.97 Å². The molecule has 0 aromatic heterocycles. The van der Waals surface area contributed by atoms with Gasteiger partial charge in [0.05, 0.1) is 28.4 Å². The van der Waals surface area contributed by atoms with E-state index in [1.165, 1.54) is 30.3 Å². The third-order valence-electron chi connectivity index (χ3n) is 3.76. The molecule has 2 aromatic carbocycles. The molecule has 8 heteroatoms. The van der Waals surface area contributed by atoms with Crippen molar-refractivity contribution in [3.8, 4) is 0 Å². The summed E-state index contributed by atoms with van der Waals surface area (Å²) >= 11 is 11.9. The maximum Gasteiger partial charge on any atom is 0.335 e. The zero-order valence-corrected chi connectivity index (χ0v) is 14.2. The van der Waals surface area contributed by atoms with Crippen LogP contribution in [0.4, 0.5) is 11.4 Å². The van der Waals surface area contributed by atoms with E-state index in [1.807, 2.05) is 0 Å². The molecule has 25 heavy (non-hydrogen) atoms. The lowest BCUT2D eigenvalue weighted by atomic mass is 10.2. The van der Waals surface area contributed by atoms with Gasteiger partial charge in [0.2, 0.25) is 5.91 Å². The zero-order valence-electron chi connectivity index (χ0n) is 12.7. The number of nitrogens with zero attached hydrogens (tertiary/aromatic N) is 1. The highest BCUT2D eigenvalue weighted by molar-refractivity contribution is 6.36. The van der Waals surface area contributed by atoms with E-state index in [4.69, 9.17) is 28.3 Å². The van der Waals surface area contributed by atoms with Crippen LogP contribution in [0.2, 0.25) is 10.0 Å². The highest BCUT2D eigenvalue weighted by Crippen LogP contribution is 2.30. The Hall–Kier alpha value is -2.57. The molecule has 6 nitrogen and oxygen atoms in total. The third-order valence-corrected chi connectivity index (χ3v) is 4.31. The monoisotopic (exact) mass is 378 g/mol. The van der Waals surface area contributed by atoms with Crippen molar-refractivity contribution in [2.45, 2.75) is 12.5 Å². The molecule has 1 aliphatic heterocycles. The number of halogens is 2. The van der Waals surface area contributed by atoms with Crippen molar-refractivity contribution >= 4 is 52.4 Å². The van der Waals surface area contributed by atoms with Gasteiger partial charge in [-0.05, 0) is 36.4 Å². The molecule has 0 aliphatic carbocycles. The lowest BCUT2D eigenvalue weighted by Crippen LogP contribution is -2.35. The van der Waals surface area contributed by atoms with E-state index in [0.717, 1.165) is 4.90 Å². The number of amides is 2. The van der Waals surface area contributed by atoms with E-state index >= 15 is 0 Å². The summed E-state index contributed by atoms with van der Waals surface area (Å²) in [6.07, 6.45) is -0.0604. The smallest absolute Gasteiger partial charge is 0.335 e. The van der Waals surface area contributed by atoms with Crippen molar-refractivity contribution in [1.29, 1.82) is 0 Å². The molecule has 2 N–H and O–H groups in total. The number of benzene rings is 2. The van der Waals surface area contributed by atoms with Gasteiger partial charge in [0.25, 0.3) is 5.91 Å². The largest absolute Gasteiger partial charge is 0.478 e. The van der Waals surface area contributed by atoms with Crippen LogP contribution in [0.3, 0.4) is 0 Å². The molecule has 128 valence electrons. The normalized spacial score (nSPS) is 17.0. The van der Waals surface area contributed by atoms with Crippen molar-refractivity contribution in [1.82, 2.24) is 0 Å². The van der Waals surface area contributed by atoms with E-state index in [9.17, 15) is 14.4 Å². The van der Waals surface area contributed by atoms with E-state index in [2.05, 4.69) is 5.32 Å². The number of carboxylic acids is 1. The van der Waals surface area contributed by atoms with Crippen LogP contribution >= 0.6 is 23.2 Å². The lowest BCUT2D eigenvalue weighted by Gasteiger charge is -2.17. The number of imide groups is 1. The van der Waals surface area contributed by atoms with Gasteiger partial charge in [0.1, 0.15) is 6.04 Å². The molecular formula is C17H12Cl2N2O4. The minimum absolute atomic E-state index is 0.00439. The molecule has 1 fully saturated rings. The number of hydrogen-bond acceptors (Lipinski definition) is 4. The topological polar surface area (TPSA) is 86.7 Å². The number of carbonyl (C=O) groups is 3. The number of rotatable bonds is 4. The molecule has 0 radical (unpaired) electrons. The number of carbonyl (C=O) groups excluding carboxylic acids is 2. The van der Waals surface area contributed by atoms with Gasteiger partial charge in [-0.15, -0.1) is 0 Å². The fourth-order valence-electron chi connectivity index (χ4n) is 2.59. The van der Waals surface area contributed by atoms with E-state index in [-0.39, 0.29) is 17.7 Å². The van der Waals surface area contributed by atoms with Gasteiger partial charge in [-0.3, -0.25) is 9.59 Å². The highest BCUT2D eigenvalue weighted by atomic mass is 35.5. The predicted molar refractivity (Wildman–Crippen MR) is 94.4 cm³/mol. The third kappa shape index (κ3) is 3.45. The number of hydrogen-bond donors (Lipinski definition) is 2.